The Hall–Kier alpha value is -0.930. The van der Waals surface area contributed by atoms with E-state index in [0.29, 0.717) is 12.0 Å². The predicted octanol–water partition coefficient (Wildman–Crippen LogP) is 2.54. The van der Waals surface area contributed by atoms with Crippen LogP contribution in [0.2, 0.25) is 0 Å². The molecule has 0 aliphatic rings. The van der Waals surface area contributed by atoms with Gasteiger partial charge in [-0.25, -0.2) is 0 Å². The second-order valence-electron chi connectivity index (χ2n) is 5.18. The summed E-state index contributed by atoms with van der Waals surface area (Å²) in [5, 5.41) is 3.57. The fourth-order valence-electron chi connectivity index (χ4n) is 1.76. The van der Waals surface area contributed by atoms with E-state index in [1.165, 1.54) is 0 Å². The first-order valence-corrected chi connectivity index (χ1v) is 6.99. The topological polar surface area (TPSA) is 28.2 Å². The van der Waals surface area contributed by atoms with E-state index in [-0.39, 0.29) is 0 Å². The van der Waals surface area contributed by atoms with Crippen molar-refractivity contribution in [2.75, 3.05) is 19.6 Å². The molecule has 3 heteroatoms. The van der Waals surface area contributed by atoms with Gasteiger partial charge in [0.2, 0.25) is 0 Å². The maximum atomic E-state index is 4.38. The summed E-state index contributed by atoms with van der Waals surface area (Å²) in [4.78, 5) is 6.79. The van der Waals surface area contributed by atoms with Gasteiger partial charge in [-0.3, -0.25) is 9.88 Å². The largest absolute Gasteiger partial charge is 0.313 e. The van der Waals surface area contributed by atoms with E-state index in [2.05, 4.69) is 55.0 Å². The van der Waals surface area contributed by atoms with Gasteiger partial charge in [-0.05, 0) is 31.5 Å². The number of hydrogen-bond acceptors (Lipinski definition) is 3. The quantitative estimate of drug-likeness (QED) is 0.767. The van der Waals surface area contributed by atoms with Crippen molar-refractivity contribution in [3.8, 4) is 0 Å². The Morgan fingerprint density at radius 3 is 2.61 bits per heavy atom. The van der Waals surface area contributed by atoms with E-state index in [9.17, 15) is 0 Å². The molecule has 1 rings (SSSR count). The van der Waals surface area contributed by atoms with Gasteiger partial charge in [0.05, 0.1) is 5.69 Å². The van der Waals surface area contributed by atoms with Gasteiger partial charge < -0.3 is 5.32 Å². The van der Waals surface area contributed by atoms with E-state index in [1.54, 1.807) is 0 Å². The standard InChI is InChI=1S/C15H27N3/c1-5-18(11-10-16-14(4)13(2)3)12-15-8-6-7-9-17-15/h6-9,13-14,16H,5,10-12H2,1-4H3. The van der Waals surface area contributed by atoms with Crippen molar-refractivity contribution in [3.63, 3.8) is 0 Å². The third kappa shape index (κ3) is 5.61. The Bertz CT molecular complexity index is 311. The summed E-state index contributed by atoms with van der Waals surface area (Å²) >= 11 is 0. The van der Waals surface area contributed by atoms with Crippen LogP contribution in [0.1, 0.15) is 33.4 Å². The van der Waals surface area contributed by atoms with Crippen molar-refractivity contribution in [3.05, 3.63) is 30.1 Å². The van der Waals surface area contributed by atoms with Gasteiger partial charge in [-0.2, -0.15) is 0 Å². The molecular weight excluding hydrogens is 222 g/mol. The highest BCUT2D eigenvalue weighted by atomic mass is 15.1. The van der Waals surface area contributed by atoms with Crippen molar-refractivity contribution < 1.29 is 0 Å². The lowest BCUT2D eigenvalue weighted by molar-refractivity contribution is 0.267. The van der Waals surface area contributed by atoms with Crippen LogP contribution < -0.4 is 5.32 Å². The van der Waals surface area contributed by atoms with Crippen molar-refractivity contribution in [2.45, 2.75) is 40.3 Å². The molecule has 1 aromatic rings. The second kappa shape index (κ2) is 8.22. The van der Waals surface area contributed by atoms with Gasteiger partial charge in [0.25, 0.3) is 0 Å². The van der Waals surface area contributed by atoms with E-state index in [1.807, 2.05) is 12.3 Å². The zero-order chi connectivity index (χ0) is 13.4. The highest BCUT2D eigenvalue weighted by molar-refractivity contribution is 5.03. The predicted molar refractivity (Wildman–Crippen MR) is 77.5 cm³/mol. The van der Waals surface area contributed by atoms with E-state index in [4.69, 9.17) is 0 Å². The molecule has 1 atom stereocenters. The molecule has 102 valence electrons. The molecule has 1 N–H and O–H groups in total. The first kappa shape index (κ1) is 15.1. The minimum Gasteiger partial charge on any atom is -0.313 e. The summed E-state index contributed by atoms with van der Waals surface area (Å²) < 4.78 is 0. The third-order valence-electron chi connectivity index (χ3n) is 3.45. The third-order valence-corrected chi connectivity index (χ3v) is 3.45. The normalized spacial score (nSPS) is 13.2. The minimum atomic E-state index is 0.582. The van der Waals surface area contributed by atoms with Crippen LogP contribution in [-0.2, 0) is 6.54 Å². The Labute approximate surface area is 112 Å². The van der Waals surface area contributed by atoms with E-state index >= 15 is 0 Å². The number of pyridine rings is 1. The van der Waals surface area contributed by atoms with Crippen LogP contribution in [0.25, 0.3) is 0 Å². The molecule has 1 unspecified atom stereocenters. The summed E-state index contributed by atoms with van der Waals surface area (Å²) in [6, 6.07) is 6.69. The first-order valence-electron chi connectivity index (χ1n) is 6.99. The summed E-state index contributed by atoms with van der Waals surface area (Å²) in [5.41, 5.74) is 1.15. The van der Waals surface area contributed by atoms with Crippen LogP contribution in [0.3, 0.4) is 0 Å². The summed E-state index contributed by atoms with van der Waals surface area (Å²) in [6.45, 7) is 13.1. The molecule has 1 aromatic heterocycles. The van der Waals surface area contributed by atoms with Crippen LogP contribution in [-0.4, -0.2) is 35.6 Å². The van der Waals surface area contributed by atoms with E-state index in [0.717, 1.165) is 31.9 Å². The molecule has 0 spiro atoms. The molecule has 0 saturated carbocycles. The molecule has 0 aliphatic carbocycles. The summed E-state index contributed by atoms with van der Waals surface area (Å²) in [7, 11) is 0. The lowest BCUT2D eigenvalue weighted by Crippen LogP contribution is -2.38. The first-order chi connectivity index (χ1) is 8.63. The van der Waals surface area contributed by atoms with Crippen molar-refractivity contribution in [1.29, 1.82) is 0 Å². The van der Waals surface area contributed by atoms with Crippen LogP contribution in [0.15, 0.2) is 24.4 Å². The smallest absolute Gasteiger partial charge is 0.0543 e. The zero-order valence-electron chi connectivity index (χ0n) is 12.2. The second-order valence-corrected chi connectivity index (χ2v) is 5.18. The number of nitrogens with zero attached hydrogens (tertiary/aromatic N) is 2. The Balaban J connectivity index is 2.30. The van der Waals surface area contributed by atoms with Gasteiger partial charge in [0.1, 0.15) is 0 Å². The van der Waals surface area contributed by atoms with Crippen molar-refractivity contribution in [1.82, 2.24) is 15.2 Å². The average Bonchev–Trinajstić information content (AvgIpc) is 2.38. The molecule has 0 amide bonds. The van der Waals surface area contributed by atoms with Gasteiger partial charge in [0, 0.05) is 31.9 Å². The fourth-order valence-corrected chi connectivity index (χ4v) is 1.76. The SMILES string of the molecule is CCN(CCNC(C)C(C)C)Cc1ccccn1. The fraction of sp³-hybridized carbons (Fsp3) is 0.667. The zero-order valence-corrected chi connectivity index (χ0v) is 12.2. The number of hydrogen-bond donors (Lipinski definition) is 1. The molecule has 0 bridgehead atoms. The van der Waals surface area contributed by atoms with Crippen LogP contribution >= 0.6 is 0 Å². The lowest BCUT2D eigenvalue weighted by atomic mass is 10.1. The maximum absolute atomic E-state index is 4.38. The van der Waals surface area contributed by atoms with Crippen molar-refractivity contribution in [2.24, 2.45) is 5.92 Å². The lowest BCUT2D eigenvalue weighted by Gasteiger charge is -2.23. The van der Waals surface area contributed by atoms with E-state index < -0.39 is 0 Å². The number of rotatable bonds is 8. The van der Waals surface area contributed by atoms with Gasteiger partial charge in [-0.15, -0.1) is 0 Å². The average molecular weight is 249 g/mol. The summed E-state index contributed by atoms with van der Waals surface area (Å²) in [6.07, 6.45) is 1.86. The minimum absolute atomic E-state index is 0.582. The highest BCUT2D eigenvalue weighted by Gasteiger charge is 2.08. The Morgan fingerprint density at radius 2 is 2.06 bits per heavy atom. The number of aromatic nitrogens is 1. The molecule has 18 heavy (non-hydrogen) atoms. The molecule has 0 fully saturated rings. The molecule has 0 radical (unpaired) electrons. The maximum Gasteiger partial charge on any atom is 0.0543 e. The Morgan fingerprint density at radius 1 is 1.28 bits per heavy atom. The monoisotopic (exact) mass is 249 g/mol. The molecule has 0 aromatic carbocycles. The molecule has 0 saturated heterocycles. The number of likely N-dealkylation sites (N-methyl/N-ethyl adjacent to an activating group) is 1. The van der Waals surface area contributed by atoms with Gasteiger partial charge in [-0.1, -0.05) is 26.8 Å². The molecule has 1 heterocycles. The van der Waals surface area contributed by atoms with Crippen molar-refractivity contribution >= 4 is 0 Å². The highest BCUT2D eigenvalue weighted by Crippen LogP contribution is 2.01. The molecule has 3 nitrogen and oxygen atoms in total. The Kier molecular flexibility index (Phi) is 6.91. The van der Waals surface area contributed by atoms with Crippen LogP contribution in [0.4, 0.5) is 0 Å². The van der Waals surface area contributed by atoms with Gasteiger partial charge >= 0.3 is 0 Å². The molecular formula is C15H27N3. The van der Waals surface area contributed by atoms with Gasteiger partial charge in [0.15, 0.2) is 0 Å². The molecule has 0 aliphatic heterocycles. The van der Waals surface area contributed by atoms with Crippen LogP contribution in [0, 0.1) is 5.92 Å². The van der Waals surface area contributed by atoms with Crippen LogP contribution in [0.5, 0.6) is 0 Å². The number of nitrogens with one attached hydrogen (secondary N) is 1. The summed E-state index contributed by atoms with van der Waals surface area (Å²) in [5.74, 6) is 0.691.